The molecule has 5 heteroatoms. The van der Waals surface area contributed by atoms with Crippen molar-refractivity contribution in [3.05, 3.63) is 44.5 Å². The van der Waals surface area contributed by atoms with Crippen LogP contribution in [0.5, 0.6) is 0 Å². The molecule has 2 unspecified atom stereocenters. The molecule has 110 valence electrons. The predicted molar refractivity (Wildman–Crippen MR) is 83.7 cm³/mol. The van der Waals surface area contributed by atoms with Crippen molar-refractivity contribution in [1.29, 1.82) is 0 Å². The van der Waals surface area contributed by atoms with E-state index < -0.39 is 0 Å². The number of pyridine rings is 1. The Hall–Kier alpha value is -1.43. The van der Waals surface area contributed by atoms with Crippen molar-refractivity contribution in [2.24, 2.45) is 5.92 Å². The molecule has 0 radical (unpaired) electrons. The van der Waals surface area contributed by atoms with Crippen molar-refractivity contribution in [2.45, 2.75) is 25.5 Å². The number of aromatic nitrogens is 1. The number of piperidine rings is 1. The summed E-state index contributed by atoms with van der Waals surface area (Å²) < 4.78 is 1.95. The van der Waals surface area contributed by atoms with Crippen LogP contribution >= 0.6 is 11.3 Å². The van der Waals surface area contributed by atoms with E-state index in [2.05, 4.69) is 5.32 Å². The minimum Gasteiger partial charge on any atom is -0.392 e. The fourth-order valence-electron chi connectivity index (χ4n) is 3.74. The van der Waals surface area contributed by atoms with Crippen LogP contribution < -0.4 is 10.9 Å². The second-order valence-electron chi connectivity index (χ2n) is 6.01. The third-order valence-electron chi connectivity index (χ3n) is 4.69. The van der Waals surface area contributed by atoms with Crippen LogP contribution in [-0.2, 0) is 13.2 Å². The maximum absolute atomic E-state index is 13.0. The first-order chi connectivity index (χ1) is 10.3. The van der Waals surface area contributed by atoms with Gasteiger partial charge in [-0.05, 0) is 52.9 Å². The summed E-state index contributed by atoms with van der Waals surface area (Å²) in [5, 5.41) is 17.1. The first-order valence-corrected chi connectivity index (χ1v) is 8.33. The van der Waals surface area contributed by atoms with Crippen LogP contribution in [0.1, 0.15) is 23.6 Å². The summed E-state index contributed by atoms with van der Waals surface area (Å²) in [4.78, 5) is 13.0. The molecule has 4 nitrogen and oxygen atoms in total. The summed E-state index contributed by atoms with van der Waals surface area (Å²) in [7, 11) is 0. The Bertz CT molecular complexity index is 721. The molecule has 0 aliphatic carbocycles. The average Bonchev–Trinajstić information content (AvgIpc) is 3.02. The summed E-state index contributed by atoms with van der Waals surface area (Å²) in [6.45, 7) is 2.63. The molecule has 2 atom stereocenters. The highest BCUT2D eigenvalue weighted by Crippen LogP contribution is 2.34. The molecule has 0 amide bonds. The van der Waals surface area contributed by atoms with Gasteiger partial charge in [-0.3, -0.25) is 4.79 Å². The van der Waals surface area contributed by atoms with E-state index in [1.165, 1.54) is 0 Å². The first kappa shape index (κ1) is 13.2. The SMILES string of the molecule is O=c1c(-c2ccsc2)c(CO)cc2n1CC1CNCC2C1. The lowest BCUT2D eigenvalue weighted by Crippen LogP contribution is -2.45. The number of aliphatic hydroxyl groups excluding tert-OH is 1. The molecule has 2 aromatic heterocycles. The highest BCUT2D eigenvalue weighted by Gasteiger charge is 2.32. The van der Waals surface area contributed by atoms with Gasteiger partial charge in [0.05, 0.1) is 12.2 Å². The number of fused-ring (bicyclic) bond motifs is 4. The minimum atomic E-state index is -0.0855. The lowest BCUT2D eigenvalue weighted by molar-refractivity contribution is 0.253. The molecular formula is C16H18N2O2S. The van der Waals surface area contributed by atoms with Gasteiger partial charge in [-0.15, -0.1) is 0 Å². The van der Waals surface area contributed by atoms with E-state index in [0.29, 0.717) is 17.4 Å². The number of rotatable bonds is 2. The Labute approximate surface area is 127 Å². The number of thiophene rings is 1. The van der Waals surface area contributed by atoms with E-state index >= 15 is 0 Å². The fourth-order valence-corrected chi connectivity index (χ4v) is 4.39. The monoisotopic (exact) mass is 302 g/mol. The van der Waals surface area contributed by atoms with Crippen molar-refractivity contribution >= 4 is 11.3 Å². The van der Waals surface area contributed by atoms with Crippen LogP contribution in [0.25, 0.3) is 11.1 Å². The Kier molecular flexibility index (Phi) is 3.21. The Morgan fingerprint density at radius 3 is 3.10 bits per heavy atom. The van der Waals surface area contributed by atoms with Gasteiger partial charge in [0, 0.05) is 24.7 Å². The lowest BCUT2D eigenvalue weighted by Gasteiger charge is -2.38. The Balaban J connectivity index is 1.95. The maximum Gasteiger partial charge on any atom is 0.259 e. The molecule has 2 bridgehead atoms. The van der Waals surface area contributed by atoms with E-state index in [1.54, 1.807) is 11.3 Å². The molecule has 4 rings (SSSR count). The first-order valence-electron chi connectivity index (χ1n) is 7.38. The fraction of sp³-hybridized carbons (Fsp3) is 0.438. The van der Waals surface area contributed by atoms with Crippen LogP contribution in [0.2, 0.25) is 0 Å². The van der Waals surface area contributed by atoms with Crippen molar-refractivity contribution in [1.82, 2.24) is 9.88 Å². The van der Waals surface area contributed by atoms with E-state index in [0.717, 1.165) is 42.9 Å². The summed E-state index contributed by atoms with van der Waals surface area (Å²) >= 11 is 1.58. The lowest BCUT2D eigenvalue weighted by atomic mass is 9.83. The highest BCUT2D eigenvalue weighted by molar-refractivity contribution is 7.08. The van der Waals surface area contributed by atoms with Crippen molar-refractivity contribution in [2.75, 3.05) is 13.1 Å². The van der Waals surface area contributed by atoms with Crippen molar-refractivity contribution in [3.8, 4) is 11.1 Å². The van der Waals surface area contributed by atoms with Gasteiger partial charge in [0.2, 0.25) is 0 Å². The zero-order valence-electron chi connectivity index (χ0n) is 11.7. The summed E-state index contributed by atoms with van der Waals surface area (Å²) in [5.41, 5.74) is 3.51. The van der Waals surface area contributed by atoms with Gasteiger partial charge in [-0.1, -0.05) is 0 Å². The standard InChI is InChI=1S/C16H18N2O2S/c19-8-13-4-14-12-3-10(5-17-6-12)7-18(14)16(20)15(13)11-1-2-21-9-11/h1-2,4,9-10,12,17,19H,3,5-8H2. The van der Waals surface area contributed by atoms with Crippen molar-refractivity contribution < 1.29 is 5.11 Å². The topological polar surface area (TPSA) is 54.3 Å². The van der Waals surface area contributed by atoms with Crippen LogP contribution in [0.3, 0.4) is 0 Å². The third-order valence-corrected chi connectivity index (χ3v) is 5.38. The average molecular weight is 302 g/mol. The third kappa shape index (κ3) is 2.08. The molecule has 4 heterocycles. The molecule has 0 spiro atoms. The molecule has 2 aliphatic rings. The van der Waals surface area contributed by atoms with Crippen molar-refractivity contribution in [3.63, 3.8) is 0 Å². The summed E-state index contributed by atoms with van der Waals surface area (Å²) in [6.07, 6.45) is 1.15. The highest BCUT2D eigenvalue weighted by atomic mass is 32.1. The second-order valence-corrected chi connectivity index (χ2v) is 6.79. The molecule has 0 saturated carbocycles. The van der Waals surface area contributed by atoms with Gasteiger partial charge in [0.1, 0.15) is 0 Å². The Morgan fingerprint density at radius 1 is 1.43 bits per heavy atom. The van der Waals surface area contributed by atoms with Gasteiger partial charge in [-0.25, -0.2) is 0 Å². The van der Waals surface area contributed by atoms with E-state index in [1.807, 2.05) is 27.5 Å². The predicted octanol–water partition coefficient (Wildman–Crippen LogP) is 1.78. The number of nitrogens with zero attached hydrogens (tertiary/aromatic N) is 1. The van der Waals surface area contributed by atoms with Gasteiger partial charge in [-0.2, -0.15) is 11.3 Å². The zero-order chi connectivity index (χ0) is 14.4. The van der Waals surface area contributed by atoms with Crippen LogP contribution in [0.15, 0.2) is 27.7 Å². The second kappa shape index (κ2) is 5.09. The van der Waals surface area contributed by atoms with E-state index in [4.69, 9.17) is 0 Å². The van der Waals surface area contributed by atoms with E-state index in [-0.39, 0.29) is 12.2 Å². The smallest absolute Gasteiger partial charge is 0.259 e. The zero-order valence-corrected chi connectivity index (χ0v) is 12.5. The molecule has 2 aliphatic heterocycles. The molecule has 2 aromatic rings. The Morgan fingerprint density at radius 2 is 2.33 bits per heavy atom. The number of nitrogens with one attached hydrogen (secondary N) is 1. The maximum atomic E-state index is 13.0. The molecule has 1 fully saturated rings. The molecule has 1 saturated heterocycles. The van der Waals surface area contributed by atoms with Crippen LogP contribution in [0.4, 0.5) is 0 Å². The molecular weight excluding hydrogens is 284 g/mol. The number of aliphatic hydroxyl groups is 1. The van der Waals surface area contributed by atoms with Gasteiger partial charge in [0.25, 0.3) is 5.56 Å². The number of hydrogen-bond donors (Lipinski definition) is 2. The normalized spacial score (nSPS) is 23.9. The van der Waals surface area contributed by atoms with Gasteiger partial charge in [0.15, 0.2) is 0 Å². The minimum absolute atomic E-state index is 0.0616. The van der Waals surface area contributed by atoms with Crippen LogP contribution in [-0.4, -0.2) is 22.8 Å². The molecule has 0 aromatic carbocycles. The van der Waals surface area contributed by atoms with Gasteiger partial charge >= 0.3 is 0 Å². The molecule has 21 heavy (non-hydrogen) atoms. The number of hydrogen-bond acceptors (Lipinski definition) is 4. The quantitative estimate of drug-likeness (QED) is 0.889. The van der Waals surface area contributed by atoms with Crippen LogP contribution in [0, 0.1) is 5.92 Å². The summed E-state index contributed by atoms with van der Waals surface area (Å²) in [5.74, 6) is 0.941. The largest absolute Gasteiger partial charge is 0.392 e. The summed E-state index contributed by atoms with van der Waals surface area (Å²) in [6, 6.07) is 4.00. The van der Waals surface area contributed by atoms with Gasteiger partial charge < -0.3 is 15.0 Å². The molecule has 2 N–H and O–H groups in total. The van der Waals surface area contributed by atoms with E-state index in [9.17, 15) is 9.90 Å².